The summed E-state index contributed by atoms with van der Waals surface area (Å²) in [6.07, 6.45) is 0. The van der Waals surface area contributed by atoms with E-state index >= 15 is 0 Å². The second kappa shape index (κ2) is 6.66. The van der Waals surface area contributed by atoms with Crippen LogP contribution >= 0.6 is 34.2 Å². The van der Waals surface area contributed by atoms with Gasteiger partial charge in [0.05, 0.1) is 9.11 Å². The molecule has 0 fully saturated rings. The number of aromatic hydroxyl groups is 1. The highest BCUT2D eigenvalue weighted by Crippen LogP contribution is 2.24. The van der Waals surface area contributed by atoms with Crippen LogP contribution in [0.5, 0.6) is 5.75 Å². The maximum absolute atomic E-state index is 12.4. The van der Waals surface area contributed by atoms with Crippen LogP contribution in [0.15, 0.2) is 48.5 Å². The summed E-state index contributed by atoms with van der Waals surface area (Å²) in [6, 6.07) is 14.4. The summed E-state index contributed by atoms with van der Waals surface area (Å²) in [7, 11) is 0. The number of phenols is 1. The maximum Gasteiger partial charge on any atom is 0.252 e. The van der Waals surface area contributed by atoms with E-state index in [1.807, 2.05) is 59.8 Å². The van der Waals surface area contributed by atoms with E-state index in [0.717, 1.165) is 5.56 Å². The molecule has 0 saturated carbocycles. The molecule has 1 unspecified atom stereocenters. The summed E-state index contributed by atoms with van der Waals surface area (Å²) in [5.41, 5.74) is 0.668. The molecule has 5 heteroatoms. The lowest BCUT2D eigenvalue weighted by Gasteiger charge is -2.29. The van der Waals surface area contributed by atoms with Crippen molar-refractivity contribution in [2.45, 2.75) is 12.5 Å². The highest BCUT2D eigenvalue weighted by Gasteiger charge is 2.28. The van der Waals surface area contributed by atoms with Gasteiger partial charge in [0, 0.05) is 11.4 Å². The number of halogens is 2. The molecule has 0 heterocycles. The minimum absolute atomic E-state index is 0.0931. The summed E-state index contributed by atoms with van der Waals surface area (Å²) >= 11 is 8.07. The average molecular weight is 416 g/mol. The Morgan fingerprint density at radius 1 is 1.29 bits per heavy atom. The molecule has 0 aliphatic heterocycles. The topological polar surface area (TPSA) is 49.3 Å². The maximum atomic E-state index is 12.4. The summed E-state index contributed by atoms with van der Waals surface area (Å²) < 4.78 is 0.701. The largest absolute Gasteiger partial charge is 0.507 e. The van der Waals surface area contributed by atoms with Gasteiger partial charge in [0.15, 0.2) is 0 Å². The molecule has 0 aromatic heterocycles. The molecule has 2 aromatic carbocycles. The monoisotopic (exact) mass is 415 g/mol. The molecule has 2 rings (SSSR count). The zero-order chi connectivity index (χ0) is 15.5. The minimum atomic E-state index is -0.668. The first-order valence-electron chi connectivity index (χ1n) is 6.39. The number of benzene rings is 2. The molecular formula is C16H15ClINO2. The average Bonchev–Trinajstić information content (AvgIpc) is 2.50. The van der Waals surface area contributed by atoms with Gasteiger partial charge in [-0.3, -0.25) is 4.79 Å². The number of alkyl halides is 1. The Morgan fingerprint density at radius 2 is 1.95 bits per heavy atom. The highest BCUT2D eigenvalue weighted by atomic mass is 127. The third kappa shape index (κ3) is 3.68. The Kier molecular flexibility index (Phi) is 5.11. The van der Waals surface area contributed by atoms with Crippen molar-refractivity contribution in [1.29, 1.82) is 0 Å². The predicted molar refractivity (Wildman–Crippen MR) is 92.8 cm³/mol. The smallest absolute Gasteiger partial charge is 0.252 e. The van der Waals surface area contributed by atoms with Crippen LogP contribution in [0.2, 0.25) is 0 Å². The fraction of sp³-hybridized carbons (Fsp3) is 0.188. The number of nitrogens with one attached hydrogen (secondary N) is 1. The van der Waals surface area contributed by atoms with Crippen molar-refractivity contribution in [2.24, 2.45) is 0 Å². The first-order valence-corrected chi connectivity index (χ1v) is 8.00. The molecular weight excluding hydrogens is 401 g/mol. The van der Waals surface area contributed by atoms with Crippen LogP contribution in [-0.4, -0.2) is 16.9 Å². The highest BCUT2D eigenvalue weighted by molar-refractivity contribution is 14.1. The van der Waals surface area contributed by atoms with Crippen molar-refractivity contribution < 1.29 is 9.90 Å². The molecule has 2 aromatic rings. The SMILES string of the molecule is CC(CCl)(NC(=O)c1ccc(I)c(O)c1)c1ccccc1. The van der Waals surface area contributed by atoms with E-state index in [0.29, 0.717) is 9.13 Å². The summed E-state index contributed by atoms with van der Waals surface area (Å²) in [5.74, 6) is 0.0725. The lowest BCUT2D eigenvalue weighted by Crippen LogP contribution is -2.45. The normalized spacial score (nSPS) is 13.5. The van der Waals surface area contributed by atoms with Crippen LogP contribution in [-0.2, 0) is 5.54 Å². The summed E-state index contributed by atoms with van der Waals surface area (Å²) in [4.78, 5) is 12.4. The van der Waals surface area contributed by atoms with Gasteiger partial charge < -0.3 is 10.4 Å². The molecule has 0 spiro atoms. The van der Waals surface area contributed by atoms with E-state index in [-0.39, 0.29) is 17.5 Å². The van der Waals surface area contributed by atoms with E-state index in [1.54, 1.807) is 12.1 Å². The molecule has 2 N–H and O–H groups in total. The molecule has 1 atom stereocenters. The third-order valence-corrected chi connectivity index (χ3v) is 4.72. The van der Waals surface area contributed by atoms with Crippen molar-refractivity contribution in [1.82, 2.24) is 5.32 Å². The molecule has 3 nitrogen and oxygen atoms in total. The lowest BCUT2D eigenvalue weighted by atomic mass is 9.93. The van der Waals surface area contributed by atoms with E-state index in [4.69, 9.17) is 11.6 Å². The quantitative estimate of drug-likeness (QED) is 0.588. The molecule has 0 aliphatic rings. The van der Waals surface area contributed by atoms with Gasteiger partial charge >= 0.3 is 0 Å². The van der Waals surface area contributed by atoms with E-state index in [1.165, 1.54) is 6.07 Å². The van der Waals surface area contributed by atoms with Crippen LogP contribution in [0.1, 0.15) is 22.8 Å². The summed E-state index contributed by atoms with van der Waals surface area (Å²) in [5, 5.41) is 12.6. The molecule has 0 aliphatic carbocycles. The van der Waals surface area contributed by atoms with Crippen molar-refractivity contribution in [3.63, 3.8) is 0 Å². The van der Waals surface area contributed by atoms with Crippen LogP contribution in [0.3, 0.4) is 0 Å². The standard InChI is InChI=1S/C16H15ClINO2/c1-16(10-17,12-5-3-2-4-6-12)19-15(21)11-7-8-13(18)14(20)9-11/h2-9,20H,10H2,1H3,(H,19,21). The number of phenolic OH excluding ortho intramolecular Hbond substituents is 1. The van der Waals surface area contributed by atoms with Gasteiger partial charge in [-0.05, 0) is 53.3 Å². The van der Waals surface area contributed by atoms with E-state index < -0.39 is 5.54 Å². The molecule has 0 bridgehead atoms. The van der Waals surface area contributed by atoms with Gasteiger partial charge in [0.2, 0.25) is 0 Å². The molecule has 0 saturated heterocycles. The second-order valence-corrected chi connectivity index (χ2v) is 6.38. The number of amides is 1. The van der Waals surface area contributed by atoms with E-state index in [9.17, 15) is 9.90 Å². The van der Waals surface area contributed by atoms with Crippen molar-refractivity contribution in [3.05, 3.63) is 63.2 Å². The molecule has 110 valence electrons. The van der Waals surface area contributed by atoms with Crippen LogP contribution in [0.4, 0.5) is 0 Å². The van der Waals surface area contributed by atoms with Crippen LogP contribution in [0.25, 0.3) is 0 Å². The first kappa shape index (κ1) is 16.1. The predicted octanol–water partition coefficient (Wildman–Crippen LogP) is 3.88. The Labute approximate surface area is 142 Å². The zero-order valence-corrected chi connectivity index (χ0v) is 14.4. The Balaban J connectivity index is 2.26. The van der Waals surface area contributed by atoms with Crippen molar-refractivity contribution in [3.8, 4) is 5.75 Å². The zero-order valence-electron chi connectivity index (χ0n) is 11.4. The Bertz CT molecular complexity index is 648. The fourth-order valence-electron chi connectivity index (χ4n) is 1.97. The van der Waals surface area contributed by atoms with Gasteiger partial charge in [-0.2, -0.15) is 0 Å². The molecule has 1 amide bonds. The molecule has 0 radical (unpaired) electrons. The minimum Gasteiger partial charge on any atom is -0.507 e. The molecule has 21 heavy (non-hydrogen) atoms. The third-order valence-electron chi connectivity index (χ3n) is 3.28. The van der Waals surface area contributed by atoms with Crippen molar-refractivity contribution in [2.75, 3.05) is 5.88 Å². The Hall–Kier alpha value is -1.27. The number of carbonyl (C=O) groups is 1. The van der Waals surface area contributed by atoms with Gasteiger partial charge in [0.1, 0.15) is 5.75 Å². The van der Waals surface area contributed by atoms with Crippen LogP contribution in [0, 0.1) is 3.57 Å². The van der Waals surface area contributed by atoms with E-state index in [2.05, 4.69) is 5.32 Å². The number of carbonyl (C=O) groups excluding carboxylic acids is 1. The lowest BCUT2D eigenvalue weighted by molar-refractivity contribution is 0.0912. The van der Waals surface area contributed by atoms with Crippen LogP contribution < -0.4 is 5.32 Å². The number of rotatable bonds is 4. The second-order valence-electron chi connectivity index (χ2n) is 4.95. The van der Waals surface area contributed by atoms with Gasteiger partial charge in [0.25, 0.3) is 5.91 Å². The Morgan fingerprint density at radius 3 is 2.52 bits per heavy atom. The van der Waals surface area contributed by atoms with Gasteiger partial charge in [-0.1, -0.05) is 30.3 Å². The van der Waals surface area contributed by atoms with Gasteiger partial charge in [-0.25, -0.2) is 0 Å². The van der Waals surface area contributed by atoms with Crippen molar-refractivity contribution >= 4 is 40.1 Å². The number of hydrogen-bond acceptors (Lipinski definition) is 2. The number of hydrogen-bond donors (Lipinski definition) is 2. The first-order chi connectivity index (χ1) is 9.96. The summed E-state index contributed by atoms with van der Waals surface area (Å²) in [6.45, 7) is 1.87. The van der Waals surface area contributed by atoms with Gasteiger partial charge in [-0.15, -0.1) is 11.6 Å². The fourth-order valence-corrected chi connectivity index (χ4v) is 2.52.